The Labute approximate surface area is 856 Å². The van der Waals surface area contributed by atoms with Gasteiger partial charge in [0.1, 0.15) is 0 Å². The molecule has 0 aliphatic carbocycles. The Bertz CT molecular complexity index is 9230. The molecule has 0 atom stereocenters. The van der Waals surface area contributed by atoms with Crippen LogP contribution in [0.2, 0.25) is 0 Å². The molecule has 0 spiro atoms. The van der Waals surface area contributed by atoms with Crippen molar-refractivity contribution in [2.24, 2.45) is 0 Å². The molecule has 4 heterocycles. The third-order valence-corrected chi connectivity index (χ3v) is 30.1. The van der Waals surface area contributed by atoms with Gasteiger partial charge in [0.15, 0.2) is 11.4 Å². The predicted molar refractivity (Wildman–Crippen MR) is 622 cm³/mol. The molecule has 0 N–H and O–H groups in total. The fourth-order valence-electron chi connectivity index (χ4n) is 23.9. The Balaban J connectivity index is 0.000000161. The highest BCUT2D eigenvalue weighted by molar-refractivity contribution is 6.18. The maximum atomic E-state index is 8.84. The van der Waals surface area contributed by atoms with Crippen molar-refractivity contribution >= 4 is 98.6 Å². The van der Waals surface area contributed by atoms with Gasteiger partial charge in [0.2, 0.25) is 0 Å². The van der Waals surface area contributed by atoms with Gasteiger partial charge >= 0.3 is 0 Å². The average Bonchev–Trinajstić information content (AvgIpc) is 1.56. The Morgan fingerprint density at radius 1 is 0.151 bits per heavy atom. The van der Waals surface area contributed by atoms with Crippen molar-refractivity contribution in [3.8, 4) is 134 Å². The molecule has 4 aromatic heterocycles. The first-order valence-electron chi connectivity index (χ1n) is 50.8. The van der Waals surface area contributed by atoms with Crippen molar-refractivity contribution in [1.82, 2.24) is 18.3 Å². The van der Waals surface area contributed by atoms with E-state index in [0.29, 0.717) is 11.4 Å². The van der Waals surface area contributed by atoms with Crippen LogP contribution in [0, 0.1) is 138 Å². The first kappa shape index (κ1) is 92.3. The summed E-state index contributed by atoms with van der Waals surface area (Å²) in [4.78, 5) is 8.68. The summed E-state index contributed by atoms with van der Waals surface area (Å²) in [6, 6.07) is 136. The number of hydrogen-bond acceptors (Lipinski definition) is 0. The zero-order valence-corrected chi connectivity index (χ0v) is 86.3. The lowest BCUT2D eigenvalue weighted by atomic mass is 9.95. The summed E-state index contributed by atoms with van der Waals surface area (Å²) in [6.07, 6.45) is 0. The van der Waals surface area contributed by atoms with Crippen LogP contribution in [0.15, 0.2) is 364 Å². The van der Waals surface area contributed by atoms with Crippen LogP contribution >= 0.6 is 0 Å². The molecule has 20 aromatic carbocycles. The zero-order chi connectivity index (χ0) is 101. The van der Waals surface area contributed by atoms with E-state index in [4.69, 9.17) is 13.1 Å². The third-order valence-electron chi connectivity index (χ3n) is 30.1. The molecule has 146 heavy (non-hydrogen) atoms. The second-order valence-electron chi connectivity index (χ2n) is 41.6. The molecule has 6 heteroatoms. The minimum atomic E-state index is 0.605. The third kappa shape index (κ3) is 16.4. The average molecular weight is 1880 g/mol. The molecule has 0 radical (unpaired) electrons. The molecule has 0 aliphatic heterocycles. The molecule has 24 rings (SSSR count). The number of aromatic nitrogens is 4. The summed E-state index contributed by atoms with van der Waals surface area (Å²) >= 11 is 0. The Morgan fingerprint density at radius 2 is 0.349 bits per heavy atom. The van der Waals surface area contributed by atoms with Gasteiger partial charge in [-0.1, -0.05) is 321 Å². The Morgan fingerprint density at radius 3 is 0.568 bits per heavy atom. The maximum absolute atomic E-state index is 8.84. The highest BCUT2D eigenvalue weighted by Gasteiger charge is 2.29. The fraction of sp³-hybridized carbons (Fsp3) is 0.129. The standard InChI is InChI=1S/2C70H57N3/c1-41-14-23-54(46(6)32-41)50-19-28-64-58(37-50)59-38-51(55-24-15-42(2)33-47(55)7)20-29-65(59)72(64)68-27-18-45(5)36-62(68)70-63(71-10)12-11-13-69(70)73-66-30-21-52(56-25-16-43(3)34-48(56)8)39-60(66)61-40-53(22-31-67(61)73)57-26-17-44(4)35-49(57)9;1-41-14-19-68(72-64-20-15-50(54-28-42(2)24-43(3)29-54)37-58(64)59-38-51(16-21-65(59)72)55-30-44(4)25-45(5)31-55)62(36-41)70-63(71-10)12-11-13-69(70)73-66-22-17-52(56-32-46(6)26-47(7)33-56)39-60(66)61-40-53(18-23-67(61)73)57-34-48(8)27-49(9)35-57/h2*11-40H,1-9H3. The Hall–Kier alpha value is -17.4. The van der Waals surface area contributed by atoms with Gasteiger partial charge < -0.3 is 18.3 Å². The van der Waals surface area contributed by atoms with Gasteiger partial charge in [0.05, 0.1) is 68.7 Å². The van der Waals surface area contributed by atoms with Gasteiger partial charge in [-0.25, -0.2) is 9.69 Å². The van der Waals surface area contributed by atoms with Crippen LogP contribution in [0.4, 0.5) is 11.4 Å². The van der Waals surface area contributed by atoms with Crippen molar-refractivity contribution in [2.45, 2.75) is 125 Å². The van der Waals surface area contributed by atoms with Crippen molar-refractivity contribution in [3.05, 3.63) is 487 Å². The highest BCUT2D eigenvalue weighted by atomic mass is 15.0. The van der Waals surface area contributed by atoms with Gasteiger partial charge in [-0.2, -0.15) is 0 Å². The van der Waals surface area contributed by atoms with E-state index >= 15 is 0 Å². The first-order valence-corrected chi connectivity index (χ1v) is 50.8. The lowest BCUT2D eigenvalue weighted by Crippen LogP contribution is -2.02. The lowest BCUT2D eigenvalue weighted by Gasteiger charge is -2.20. The summed E-state index contributed by atoms with van der Waals surface area (Å²) in [7, 11) is 0. The van der Waals surface area contributed by atoms with Crippen molar-refractivity contribution in [1.29, 1.82) is 0 Å². The van der Waals surface area contributed by atoms with Crippen LogP contribution in [0.5, 0.6) is 0 Å². The summed E-state index contributed by atoms with van der Waals surface area (Å²) in [5.41, 5.74) is 59.4. The molecule has 0 amide bonds. The van der Waals surface area contributed by atoms with Crippen LogP contribution in [-0.4, -0.2) is 18.3 Å². The van der Waals surface area contributed by atoms with Crippen LogP contribution < -0.4 is 0 Å². The normalized spacial score (nSPS) is 11.6. The van der Waals surface area contributed by atoms with Gasteiger partial charge in [-0.3, -0.25) is 0 Å². The quantitative estimate of drug-likeness (QED) is 0.0971. The minimum Gasteiger partial charge on any atom is -0.310 e. The molecular formula is C140H114N6. The molecule has 0 aliphatic rings. The summed E-state index contributed by atoms with van der Waals surface area (Å²) < 4.78 is 9.71. The van der Waals surface area contributed by atoms with E-state index in [0.717, 1.165) is 100 Å². The number of rotatable bonds is 14. The molecule has 0 saturated carbocycles. The first-order chi connectivity index (χ1) is 70.6. The molecule has 0 bridgehead atoms. The fourth-order valence-corrected chi connectivity index (χ4v) is 23.9. The smallest absolute Gasteiger partial charge is 0.197 e. The molecule has 24 aromatic rings. The van der Waals surface area contributed by atoms with Crippen LogP contribution in [-0.2, 0) is 0 Å². The van der Waals surface area contributed by atoms with Crippen LogP contribution in [0.25, 0.3) is 231 Å². The van der Waals surface area contributed by atoms with E-state index in [1.54, 1.807) is 0 Å². The monoisotopic (exact) mass is 1880 g/mol. The molecule has 0 fully saturated rings. The summed E-state index contributed by atoms with van der Waals surface area (Å²) in [5, 5.41) is 9.42. The van der Waals surface area contributed by atoms with E-state index in [1.807, 2.05) is 12.1 Å². The van der Waals surface area contributed by atoms with Gasteiger partial charge in [-0.15, -0.1) is 0 Å². The predicted octanol–water partition coefficient (Wildman–Crippen LogP) is 39.1. The molecule has 0 saturated heterocycles. The lowest BCUT2D eigenvalue weighted by molar-refractivity contribution is 1.16. The number of hydrogen-bond donors (Lipinski definition) is 0. The van der Waals surface area contributed by atoms with Crippen LogP contribution in [0.3, 0.4) is 0 Å². The van der Waals surface area contributed by atoms with E-state index in [2.05, 4.69) is 504 Å². The molecular weight excluding hydrogens is 1770 g/mol. The second-order valence-corrected chi connectivity index (χ2v) is 41.6. The molecule has 0 unspecified atom stereocenters. The Kier molecular flexibility index (Phi) is 23.1. The topological polar surface area (TPSA) is 28.4 Å². The van der Waals surface area contributed by atoms with Gasteiger partial charge in [0, 0.05) is 65.6 Å². The van der Waals surface area contributed by atoms with Crippen molar-refractivity contribution < 1.29 is 0 Å². The van der Waals surface area contributed by atoms with E-state index in [1.165, 1.54) is 221 Å². The van der Waals surface area contributed by atoms with Gasteiger partial charge in [-0.05, 0) is 368 Å². The number of aryl methyl sites for hydroxylation is 18. The van der Waals surface area contributed by atoms with Crippen molar-refractivity contribution in [3.63, 3.8) is 0 Å². The maximum Gasteiger partial charge on any atom is 0.197 e. The zero-order valence-electron chi connectivity index (χ0n) is 86.3. The second kappa shape index (κ2) is 36.5. The van der Waals surface area contributed by atoms with E-state index in [9.17, 15) is 0 Å². The number of benzene rings is 20. The van der Waals surface area contributed by atoms with E-state index < -0.39 is 0 Å². The summed E-state index contributed by atoms with van der Waals surface area (Å²) in [5.74, 6) is 0. The van der Waals surface area contributed by atoms with Crippen LogP contribution in [0.1, 0.15) is 100 Å². The number of nitrogens with zero attached hydrogens (tertiary/aromatic N) is 6. The molecule has 6 nitrogen and oxygen atoms in total. The summed E-state index contributed by atoms with van der Waals surface area (Å²) in [6.45, 7) is 56.9. The largest absolute Gasteiger partial charge is 0.310 e. The van der Waals surface area contributed by atoms with Gasteiger partial charge in [0.25, 0.3) is 0 Å². The molecule has 704 valence electrons. The number of fused-ring (bicyclic) bond motifs is 12. The highest BCUT2D eigenvalue weighted by Crippen LogP contribution is 2.52. The van der Waals surface area contributed by atoms with Crippen molar-refractivity contribution in [2.75, 3.05) is 0 Å². The van der Waals surface area contributed by atoms with E-state index in [-0.39, 0.29) is 0 Å². The minimum absolute atomic E-state index is 0.605. The SMILES string of the molecule is [C-]#[N+]c1cccc(-n2c3ccc(-c4cc(C)cc(C)c4)cc3c3cc(-c4cc(C)cc(C)c4)ccc32)c1-c1cc(C)ccc1-n1c2ccc(-c3cc(C)cc(C)c3)cc2c2cc(-c3cc(C)cc(C)c3)ccc21.[C-]#[N+]c1cccc(-n2c3ccc(-c4ccc(C)cc4C)cc3c3cc(-c4ccc(C)cc4C)ccc32)c1-c1cc(C)ccc1-n1c2ccc(-c3ccc(C)cc3C)cc2c2cc(-c3ccc(C)cc3C)ccc21.